The molecule has 2 rings (SSSR count). The van der Waals surface area contributed by atoms with Gasteiger partial charge in [-0.3, -0.25) is 4.99 Å². The maximum absolute atomic E-state index is 13.9. The fourth-order valence-corrected chi connectivity index (χ4v) is 3.33. The van der Waals surface area contributed by atoms with Crippen LogP contribution in [0, 0.1) is 17.0 Å². The van der Waals surface area contributed by atoms with Gasteiger partial charge in [-0.15, -0.1) is 0 Å². The topological polar surface area (TPSA) is 45.7 Å². The monoisotopic (exact) mass is 367 g/mol. The lowest BCUT2D eigenvalue weighted by atomic mass is 9.67. The van der Waals surface area contributed by atoms with Crippen LogP contribution >= 0.6 is 0 Å². The Morgan fingerprint density at radius 1 is 1.31 bits per heavy atom. The van der Waals surface area contributed by atoms with Gasteiger partial charge in [-0.25, -0.2) is 8.78 Å². The Kier molecular flexibility index (Phi) is 7.82. The first-order valence-electron chi connectivity index (χ1n) is 9.46. The van der Waals surface area contributed by atoms with Gasteiger partial charge in [0.2, 0.25) is 0 Å². The Morgan fingerprint density at radius 3 is 2.65 bits per heavy atom. The summed E-state index contributed by atoms with van der Waals surface area (Å²) >= 11 is 0. The van der Waals surface area contributed by atoms with Crippen LogP contribution < -0.4 is 10.6 Å². The lowest BCUT2D eigenvalue weighted by Crippen LogP contribution is -2.41. The maximum atomic E-state index is 13.9. The van der Waals surface area contributed by atoms with Crippen LogP contribution in [0.1, 0.15) is 51.0 Å². The molecular weight excluding hydrogens is 336 g/mol. The number of hydrogen-bond donors (Lipinski definition) is 2. The molecule has 1 aliphatic carbocycles. The van der Waals surface area contributed by atoms with Gasteiger partial charge >= 0.3 is 0 Å². The van der Waals surface area contributed by atoms with Gasteiger partial charge in [0, 0.05) is 45.3 Å². The minimum atomic E-state index is -0.553. The molecule has 146 valence electrons. The number of aliphatic imine (C=N–C) groups is 1. The smallest absolute Gasteiger partial charge is 0.191 e. The van der Waals surface area contributed by atoms with E-state index in [9.17, 15) is 8.78 Å². The van der Waals surface area contributed by atoms with E-state index in [2.05, 4.69) is 10.6 Å². The Morgan fingerprint density at radius 2 is 2.08 bits per heavy atom. The van der Waals surface area contributed by atoms with Crippen molar-refractivity contribution in [3.8, 4) is 0 Å². The Bertz CT molecular complexity index is 603. The number of nitrogens with one attached hydrogen (secondary N) is 2. The molecule has 0 spiro atoms. The molecule has 1 aromatic carbocycles. The van der Waals surface area contributed by atoms with Crippen LogP contribution in [0.4, 0.5) is 8.78 Å². The Labute approximate surface area is 155 Å². The number of hydrogen-bond acceptors (Lipinski definition) is 2. The third-order valence-corrected chi connectivity index (χ3v) is 5.24. The van der Waals surface area contributed by atoms with Gasteiger partial charge in [-0.2, -0.15) is 0 Å². The van der Waals surface area contributed by atoms with Crippen LogP contribution in [0.25, 0.3) is 0 Å². The highest BCUT2D eigenvalue weighted by Crippen LogP contribution is 2.44. The van der Waals surface area contributed by atoms with Crippen molar-refractivity contribution in [3.63, 3.8) is 0 Å². The molecule has 1 unspecified atom stereocenters. The van der Waals surface area contributed by atoms with E-state index in [0.29, 0.717) is 12.1 Å². The molecule has 0 saturated heterocycles. The second kappa shape index (κ2) is 9.86. The van der Waals surface area contributed by atoms with Crippen molar-refractivity contribution in [2.24, 2.45) is 10.4 Å². The first-order chi connectivity index (χ1) is 12.5. The largest absolute Gasteiger partial charge is 0.385 e. The lowest BCUT2D eigenvalue weighted by Gasteiger charge is -2.40. The van der Waals surface area contributed by atoms with Crippen molar-refractivity contribution >= 4 is 5.96 Å². The standard InChI is InChI=1S/C20H31F2N3O/c1-4-23-19(25-14-20(8-5-9-20)10-11-26-3)24-13-15(2)17-7-6-16(21)12-18(17)22/h6-7,12,15H,4-5,8-11,13-14H2,1-3H3,(H2,23,24,25). The van der Waals surface area contributed by atoms with E-state index < -0.39 is 11.6 Å². The van der Waals surface area contributed by atoms with Gasteiger partial charge in [0.15, 0.2) is 5.96 Å². The molecule has 0 aromatic heterocycles. The molecule has 6 heteroatoms. The number of rotatable bonds is 9. The number of nitrogens with zero attached hydrogens (tertiary/aromatic N) is 1. The molecule has 1 fully saturated rings. The van der Waals surface area contributed by atoms with Gasteiger partial charge in [0.25, 0.3) is 0 Å². The molecular formula is C20H31F2N3O. The van der Waals surface area contributed by atoms with Crippen molar-refractivity contribution in [3.05, 3.63) is 35.4 Å². The van der Waals surface area contributed by atoms with Crippen LogP contribution in [0.2, 0.25) is 0 Å². The van der Waals surface area contributed by atoms with Crippen molar-refractivity contribution in [2.45, 2.75) is 45.4 Å². The lowest BCUT2D eigenvalue weighted by molar-refractivity contribution is 0.0778. The molecule has 1 aliphatic rings. The molecule has 0 heterocycles. The van der Waals surface area contributed by atoms with Gasteiger partial charge in [-0.1, -0.05) is 19.4 Å². The molecule has 0 bridgehead atoms. The molecule has 1 saturated carbocycles. The molecule has 26 heavy (non-hydrogen) atoms. The Hall–Kier alpha value is -1.69. The molecule has 1 aromatic rings. The number of halogens is 2. The van der Waals surface area contributed by atoms with E-state index in [1.807, 2.05) is 13.8 Å². The second-order valence-corrected chi connectivity index (χ2v) is 7.24. The molecule has 1 atom stereocenters. The van der Waals surface area contributed by atoms with E-state index in [1.165, 1.54) is 31.4 Å². The predicted octanol–water partition coefficient (Wildman–Crippen LogP) is 3.83. The zero-order valence-electron chi connectivity index (χ0n) is 16.1. The predicted molar refractivity (Wildman–Crippen MR) is 102 cm³/mol. The van der Waals surface area contributed by atoms with Gasteiger partial charge < -0.3 is 15.4 Å². The van der Waals surface area contributed by atoms with Crippen molar-refractivity contribution in [1.29, 1.82) is 0 Å². The third-order valence-electron chi connectivity index (χ3n) is 5.24. The average molecular weight is 367 g/mol. The second-order valence-electron chi connectivity index (χ2n) is 7.24. The number of ether oxygens (including phenoxy) is 1. The summed E-state index contributed by atoms with van der Waals surface area (Å²) in [4.78, 5) is 4.75. The Balaban J connectivity index is 1.94. The summed E-state index contributed by atoms with van der Waals surface area (Å²) in [6.45, 7) is 6.75. The zero-order chi connectivity index (χ0) is 19.0. The van der Waals surface area contributed by atoms with E-state index in [4.69, 9.17) is 9.73 Å². The van der Waals surface area contributed by atoms with E-state index in [-0.39, 0.29) is 11.3 Å². The third kappa shape index (κ3) is 5.66. The van der Waals surface area contributed by atoms with Crippen molar-refractivity contribution < 1.29 is 13.5 Å². The summed E-state index contributed by atoms with van der Waals surface area (Å²) in [5.41, 5.74) is 0.762. The van der Waals surface area contributed by atoms with Crippen molar-refractivity contribution in [2.75, 3.05) is 33.4 Å². The number of guanidine groups is 1. The minimum absolute atomic E-state index is 0.0920. The van der Waals surface area contributed by atoms with Gasteiger partial charge in [0.1, 0.15) is 11.6 Å². The van der Waals surface area contributed by atoms with E-state index >= 15 is 0 Å². The fourth-order valence-electron chi connectivity index (χ4n) is 3.33. The van der Waals surface area contributed by atoms with Crippen LogP contribution in [0.3, 0.4) is 0 Å². The van der Waals surface area contributed by atoms with Crippen LogP contribution in [-0.2, 0) is 4.74 Å². The summed E-state index contributed by atoms with van der Waals surface area (Å²) in [7, 11) is 1.73. The van der Waals surface area contributed by atoms with E-state index in [1.54, 1.807) is 7.11 Å². The minimum Gasteiger partial charge on any atom is -0.385 e. The summed E-state index contributed by atoms with van der Waals surface area (Å²) in [6, 6.07) is 3.74. The highest BCUT2D eigenvalue weighted by molar-refractivity contribution is 5.79. The van der Waals surface area contributed by atoms with Crippen LogP contribution in [0.15, 0.2) is 23.2 Å². The van der Waals surface area contributed by atoms with Crippen LogP contribution in [0.5, 0.6) is 0 Å². The SMILES string of the molecule is CCNC(=NCC1(CCOC)CCC1)NCC(C)c1ccc(F)cc1F. The molecule has 0 amide bonds. The average Bonchev–Trinajstić information content (AvgIpc) is 2.58. The summed E-state index contributed by atoms with van der Waals surface area (Å²) in [5.74, 6) is -0.409. The number of benzene rings is 1. The van der Waals surface area contributed by atoms with E-state index in [0.717, 1.165) is 38.1 Å². The van der Waals surface area contributed by atoms with Gasteiger partial charge in [0.05, 0.1) is 0 Å². The van der Waals surface area contributed by atoms with Crippen LogP contribution in [-0.4, -0.2) is 39.3 Å². The quantitative estimate of drug-likeness (QED) is 0.515. The van der Waals surface area contributed by atoms with Gasteiger partial charge in [-0.05, 0) is 43.2 Å². The highest BCUT2D eigenvalue weighted by Gasteiger charge is 2.36. The molecule has 4 nitrogen and oxygen atoms in total. The maximum Gasteiger partial charge on any atom is 0.191 e. The normalized spacial score (nSPS) is 17.5. The first kappa shape index (κ1) is 20.6. The summed E-state index contributed by atoms with van der Waals surface area (Å²) < 4.78 is 32.2. The highest BCUT2D eigenvalue weighted by atomic mass is 19.1. The number of methoxy groups -OCH3 is 1. The summed E-state index contributed by atoms with van der Waals surface area (Å²) in [5, 5.41) is 6.53. The molecule has 0 radical (unpaired) electrons. The molecule has 0 aliphatic heterocycles. The molecule has 2 N–H and O–H groups in total. The fraction of sp³-hybridized carbons (Fsp3) is 0.650. The first-order valence-corrected chi connectivity index (χ1v) is 9.46. The van der Waals surface area contributed by atoms with Crippen molar-refractivity contribution in [1.82, 2.24) is 10.6 Å². The zero-order valence-corrected chi connectivity index (χ0v) is 16.1. The summed E-state index contributed by atoms with van der Waals surface area (Å²) in [6.07, 6.45) is 4.67.